The van der Waals surface area contributed by atoms with Gasteiger partial charge in [-0.25, -0.2) is 0 Å². The van der Waals surface area contributed by atoms with Crippen molar-refractivity contribution in [2.75, 3.05) is 6.54 Å². The van der Waals surface area contributed by atoms with Gasteiger partial charge >= 0.3 is 0 Å². The SMILES string of the molecule is C=C1c2ccccc2CC2CN12. The minimum atomic E-state index is 0.771. The van der Waals surface area contributed by atoms with Crippen molar-refractivity contribution in [1.29, 1.82) is 0 Å². The Balaban J connectivity index is 2.17. The molecule has 2 aliphatic rings. The number of hydrogen-bond donors (Lipinski definition) is 0. The van der Waals surface area contributed by atoms with E-state index in [0.717, 1.165) is 6.04 Å². The average Bonchev–Trinajstić information content (AvgIpc) is 2.84. The molecule has 0 aliphatic carbocycles. The molecule has 2 aliphatic heterocycles. The van der Waals surface area contributed by atoms with Crippen molar-refractivity contribution in [2.45, 2.75) is 12.5 Å². The standard InChI is InChI=1S/C11H11N/c1-8-11-5-3-2-4-9(11)6-10-7-12(8)10/h2-5,10H,1,6-7H2. The van der Waals surface area contributed by atoms with E-state index in [1.807, 2.05) is 0 Å². The van der Waals surface area contributed by atoms with Gasteiger partial charge in [-0.15, -0.1) is 0 Å². The summed E-state index contributed by atoms with van der Waals surface area (Å²) in [5.74, 6) is 0. The van der Waals surface area contributed by atoms with Crippen molar-refractivity contribution < 1.29 is 0 Å². The molecule has 0 bridgehead atoms. The fourth-order valence-corrected chi connectivity index (χ4v) is 2.07. The normalized spacial score (nSPS) is 24.8. The van der Waals surface area contributed by atoms with Crippen LogP contribution in [0.15, 0.2) is 30.8 Å². The Morgan fingerprint density at radius 1 is 1.33 bits per heavy atom. The molecule has 0 radical (unpaired) electrons. The number of rotatable bonds is 0. The van der Waals surface area contributed by atoms with E-state index in [1.54, 1.807) is 0 Å². The lowest BCUT2D eigenvalue weighted by atomic mass is 9.98. The summed E-state index contributed by atoms with van der Waals surface area (Å²) in [6.45, 7) is 5.32. The van der Waals surface area contributed by atoms with E-state index in [1.165, 1.54) is 29.8 Å². The van der Waals surface area contributed by atoms with E-state index in [-0.39, 0.29) is 0 Å². The third kappa shape index (κ3) is 0.685. The van der Waals surface area contributed by atoms with E-state index in [4.69, 9.17) is 0 Å². The number of nitrogens with zero attached hydrogens (tertiary/aromatic N) is 1. The van der Waals surface area contributed by atoms with E-state index in [9.17, 15) is 0 Å². The van der Waals surface area contributed by atoms with Crippen molar-refractivity contribution in [3.63, 3.8) is 0 Å². The van der Waals surface area contributed by atoms with Crippen LogP contribution in [0, 0.1) is 0 Å². The first-order valence-electron chi connectivity index (χ1n) is 4.40. The summed E-state index contributed by atoms with van der Waals surface area (Å²) in [5.41, 5.74) is 4.05. The summed E-state index contributed by atoms with van der Waals surface area (Å²) in [6.07, 6.45) is 1.22. The van der Waals surface area contributed by atoms with E-state index < -0.39 is 0 Å². The molecule has 1 saturated heterocycles. The predicted octanol–water partition coefficient (Wildman–Crippen LogP) is 1.90. The van der Waals surface area contributed by atoms with Gasteiger partial charge in [0.05, 0.1) is 6.04 Å². The van der Waals surface area contributed by atoms with Crippen LogP contribution in [0.25, 0.3) is 5.70 Å². The fraction of sp³-hybridized carbons (Fsp3) is 0.273. The van der Waals surface area contributed by atoms with Crippen LogP contribution in [-0.2, 0) is 6.42 Å². The molecule has 2 heterocycles. The van der Waals surface area contributed by atoms with Crippen LogP contribution >= 0.6 is 0 Å². The summed E-state index contributed by atoms with van der Waals surface area (Å²) in [4.78, 5) is 2.38. The van der Waals surface area contributed by atoms with E-state index in [0.29, 0.717) is 0 Å². The molecule has 0 N–H and O–H groups in total. The Kier molecular flexibility index (Phi) is 1.01. The van der Waals surface area contributed by atoms with Gasteiger partial charge < -0.3 is 4.90 Å². The van der Waals surface area contributed by atoms with Gasteiger partial charge in [0.2, 0.25) is 0 Å². The molecular weight excluding hydrogens is 146 g/mol. The Hall–Kier alpha value is -1.24. The van der Waals surface area contributed by atoms with Crippen molar-refractivity contribution in [2.24, 2.45) is 0 Å². The van der Waals surface area contributed by atoms with Gasteiger partial charge in [0.25, 0.3) is 0 Å². The maximum Gasteiger partial charge on any atom is 0.0506 e. The molecule has 1 heteroatoms. The fourth-order valence-electron chi connectivity index (χ4n) is 2.07. The maximum atomic E-state index is 4.10. The molecule has 60 valence electrons. The van der Waals surface area contributed by atoms with Crippen LogP contribution in [0.3, 0.4) is 0 Å². The second kappa shape index (κ2) is 1.92. The molecule has 1 fully saturated rings. The molecule has 1 atom stereocenters. The molecule has 0 aromatic heterocycles. The van der Waals surface area contributed by atoms with E-state index >= 15 is 0 Å². The van der Waals surface area contributed by atoms with Gasteiger partial charge in [-0.05, 0) is 12.0 Å². The van der Waals surface area contributed by atoms with Gasteiger partial charge in [-0.1, -0.05) is 30.8 Å². The zero-order valence-electron chi connectivity index (χ0n) is 6.96. The second-order valence-corrected chi connectivity index (χ2v) is 3.61. The highest BCUT2D eigenvalue weighted by Gasteiger charge is 2.39. The molecule has 1 aromatic rings. The number of hydrogen-bond acceptors (Lipinski definition) is 1. The zero-order chi connectivity index (χ0) is 8.13. The molecule has 0 spiro atoms. The van der Waals surface area contributed by atoms with Gasteiger partial charge in [0.1, 0.15) is 0 Å². The highest BCUT2D eigenvalue weighted by Crippen LogP contribution is 2.38. The van der Waals surface area contributed by atoms with Crippen molar-refractivity contribution in [3.05, 3.63) is 42.0 Å². The minimum Gasteiger partial charge on any atom is -0.364 e. The first-order valence-corrected chi connectivity index (χ1v) is 4.40. The predicted molar refractivity (Wildman–Crippen MR) is 49.7 cm³/mol. The molecule has 1 unspecified atom stereocenters. The zero-order valence-corrected chi connectivity index (χ0v) is 6.96. The topological polar surface area (TPSA) is 3.01 Å². The van der Waals surface area contributed by atoms with Crippen LogP contribution < -0.4 is 0 Å². The lowest BCUT2D eigenvalue weighted by Crippen LogP contribution is -2.11. The van der Waals surface area contributed by atoms with E-state index in [2.05, 4.69) is 35.7 Å². The van der Waals surface area contributed by atoms with Crippen molar-refractivity contribution >= 4 is 5.70 Å². The second-order valence-electron chi connectivity index (χ2n) is 3.61. The summed E-state index contributed by atoms with van der Waals surface area (Å²) in [5, 5.41) is 0. The average molecular weight is 157 g/mol. The smallest absolute Gasteiger partial charge is 0.0506 e. The van der Waals surface area contributed by atoms with Gasteiger partial charge in [0, 0.05) is 17.8 Å². The van der Waals surface area contributed by atoms with Gasteiger partial charge in [0.15, 0.2) is 0 Å². The largest absolute Gasteiger partial charge is 0.364 e. The van der Waals surface area contributed by atoms with Crippen molar-refractivity contribution in [1.82, 2.24) is 4.90 Å². The van der Waals surface area contributed by atoms with Crippen LogP contribution in [0.2, 0.25) is 0 Å². The van der Waals surface area contributed by atoms with Gasteiger partial charge in [-0.3, -0.25) is 0 Å². The Bertz CT molecular complexity index is 354. The summed E-state index contributed by atoms with van der Waals surface area (Å²) < 4.78 is 0. The Morgan fingerprint density at radius 2 is 2.17 bits per heavy atom. The molecule has 1 nitrogen and oxygen atoms in total. The number of benzene rings is 1. The van der Waals surface area contributed by atoms with Crippen LogP contribution in [0.4, 0.5) is 0 Å². The van der Waals surface area contributed by atoms with Crippen LogP contribution in [-0.4, -0.2) is 17.5 Å². The molecule has 0 amide bonds. The molecule has 3 rings (SSSR count). The maximum absolute atomic E-state index is 4.10. The molecular formula is C11H11N. The van der Waals surface area contributed by atoms with Gasteiger partial charge in [-0.2, -0.15) is 0 Å². The summed E-state index contributed by atoms with van der Waals surface area (Å²) in [7, 11) is 0. The monoisotopic (exact) mass is 157 g/mol. The lowest BCUT2D eigenvalue weighted by Gasteiger charge is -2.18. The highest BCUT2D eigenvalue weighted by atomic mass is 15.3. The first-order chi connectivity index (χ1) is 5.86. The summed E-state index contributed by atoms with van der Waals surface area (Å²) >= 11 is 0. The van der Waals surface area contributed by atoms with Crippen molar-refractivity contribution in [3.8, 4) is 0 Å². The molecule has 1 aromatic carbocycles. The highest BCUT2D eigenvalue weighted by molar-refractivity contribution is 5.69. The summed E-state index contributed by atoms with van der Waals surface area (Å²) in [6, 6.07) is 9.37. The third-order valence-corrected chi connectivity index (χ3v) is 2.85. The molecule has 0 saturated carbocycles. The third-order valence-electron chi connectivity index (χ3n) is 2.85. The van der Waals surface area contributed by atoms with Crippen LogP contribution in [0.5, 0.6) is 0 Å². The Morgan fingerprint density at radius 3 is 3.08 bits per heavy atom. The quantitative estimate of drug-likeness (QED) is 0.520. The minimum absolute atomic E-state index is 0.771. The molecule has 12 heavy (non-hydrogen) atoms. The first kappa shape index (κ1) is 6.30. The van der Waals surface area contributed by atoms with Crippen LogP contribution in [0.1, 0.15) is 11.1 Å². The Labute approximate surface area is 72.3 Å². The number of fused-ring (bicyclic) bond motifs is 2. The lowest BCUT2D eigenvalue weighted by molar-refractivity contribution is 0.670.